The first kappa shape index (κ1) is 8.96. The highest BCUT2D eigenvalue weighted by Gasteiger charge is 2.22. The molecule has 1 saturated carbocycles. The van der Waals surface area contributed by atoms with Crippen LogP contribution < -0.4 is 5.48 Å². The van der Waals surface area contributed by atoms with E-state index in [1.54, 1.807) is 12.1 Å². The van der Waals surface area contributed by atoms with Gasteiger partial charge in [0.2, 0.25) is 0 Å². The Labute approximate surface area is 80.8 Å². The highest BCUT2D eigenvalue weighted by molar-refractivity contribution is 5.49. The van der Waals surface area contributed by atoms with Crippen LogP contribution in [0.4, 0.5) is 11.4 Å². The van der Waals surface area contributed by atoms with Gasteiger partial charge >= 0.3 is 0 Å². The molecule has 1 aliphatic rings. The van der Waals surface area contributed by atoms with E-state index in [2.05, 4.69) is 5.48 Å². The fourth-order valence-corrected chi connectivity index (χ4v) is 1.02. The molecule has 1 aliphatic carbocycles. The van der Waals surface area contributed by atoms with Gasteiger partial charge in [0, 0.05) is 12.1 Å². The predicted molar refractivity (Wildman–Crippen MR) is 50.8 cm³/mol. The lowest BCUT2D eigenvalue weighted by atomic mass is 10.3. The molecule has 1 N–H and O–H groups in total. The Morgan fingerprint density at radius 2 is 2.29 bits per heavy atom. The molecule has 1 fully saturated rings. The van der Waals surface area contributed by atoms with Gasteiger partial charge in [0.15, 0.2) is 0 Å². The molecule has 1 aromatic carbocycles. The van der Waals surface area contributed by atoms with Crippen LogP contribution in [-0.2, 0) is 4.84 Å². The van der Waals surface area contributed by atoms with Crippen LogP contribution >= 0.6 is 0 Å². The zero-order valence-corrected chi connectivity index (χ0v) is 7.47. The van der Waals surface area contributed by atoms with E-state index in [4.69, 9.17) is 4.84 Å². The van der Waals surface area contributed by atoms with Crippen LogP contribution in [0.15, 0.2) is 24.3 Å². The van der Waals surface area contributed by atoms with Gasteiger partial charge in [-0.1, -0.05) is 6.07 Å². The summed E-state index contributed by atoms with van der Waals surface area (Å²) in [4.78, 5) is 15.2. The summed E-state index contributed by atoms with van der Waals surface area (Å²) in [6.07, 6.45) is 2.39. The van der Waals surface area contributed by atoms with Crippen molar-refractivity contribution in [1.29, 1.82) is 0 Å². The van der Waals surface area contributed by atoms with Crippen molar-refractivity contribution in [2.24, 2.45) is 0 Å². The van der Waals surface area contributed by atoms with Gasteiger partial charge in [0.05, 0.1) is 16.7 Å². The van der Waals surface area contributed by atoms with E-state index in [0.717, 1.165) is 12.8 Å². The highest BCUT2D eigenvalue weighted by Crippen LogP contribution is 2.24. The summed E-state index contributed by atoms with van der Waals surface area (Å²) in [5.74, 6) is 0. The molecule has 0 spiro atoms. The van der Waals surface area contributed by atoms with Crippen molar-refractivity contribution in [2.75, 3.05) is 5.48 Å². The van der Waals surface area contributed by atoms with Gasteiger partial charge in [0.1, 0.15) is 0 Å². The first-order valence-electron chi connectivity index (χ1n) is 4.42. The highest BCUT2D eigenvalue weighted by atomic mass is 16.7. The zero-order chi connectivity index (χ0) is 9.97. The molecule has 74 valence electrons. The van der Waals surface area contributed by atoms with E-state index >= 15 is 0 Å². The van der Waals surface area contributed by atoms with Gasteiger partial charge in [-0.2, -0.15) is 0 Å². The minimum Gasteiger partial charge on any atom is -0.273 e. The Hall–Kier alpha value is -1.62. The van der Waals surface area contributed by atoms with E-state index < -0.39 is 4.92 Å². The lowest BCUT2D eigenvalue weighted by molar-refractivity contribution is -0.384. The molecule has 14 heavy (non-hydrogen) atoms. The van der Waals surface area contributed by atoms with Crippen molar-refractivity contribution in [3.8, 4) is 0 Å². The number of nitrogens with one attached hydrogen (secondary N) is 1. The number of hydrogen-bond acceptors (Lipinski definition) is 4. The first-order chi connectivity index (χ1) is 6.75. The van der Waals surface area contributed by atoms with Crippen LogP contribution in [0.2, 0.25) is 0 Å². The van der Waals surface area contributed by atoms with Crippen LogP contribution in [-0.4, -0.2) is 11.0 Å². The second-order valence-electron chi connectivity index (χ2n) is 3.23. The maximum atomic E-state index is 10.4. The summed E-state index contributed by atoms with van der Waals surface area (Å²) in [5, 5.41) is 10.4. The van der Waals surface area contributed by atoms with Crippen LogP contribution in [0.25, 0.3) is 0 Å². The monoisotopic (exact) mass is 194 g/mol. The van der Waals surface area contributed by atoms with E-state index in [0.29, 0.717) is 5.69 Å². The Balaban J connectivity index is 2.01. The largest absolute Gasteiger partial charge is 0.273 e. The molecular formula is C9H10N2O3. The predicted octanol–water partition coefficient (Wildman–Crippen LogP) is 2.10. The average molecular weight is 194 g/mol. The quantitative estimate of drug-likeness (QED) is 0.588. The van der Waals surface area contributed by atoms with Crippen LogP contribution in [0.1, 0.15) is 12.8 Å². The third-order valence-corrected chi connectivity index (χ3v) is 1.92. The molecule has 0 unspecified atom stereocenters. The van der Waals surface area contributed by atoms with E-state index in [1.165, 1.54) is 12.1 Å². The number of non-ortho nitro benzene ring substituents is 1. The molecule has 2 rings (SSSR count). The van der Waals surface area contributed by atoms with Crippen molar-refractivity contribution in [1.82, 2.24) is 0 Å². The molecule has 1 aromatic rings. The number of nitro groups is 1. The minimum atomic E-state index is -0.428. The van der Waals surface area contributed by atoms with Gasteiger partial charge in [-0.25, -0.2) is 0 Å². The second-order valence-corrected chi connectivity index (χ2v) is 3.23. The smallest absolute Gasteiger partial charge is 0.271 e. The van der Waals surface area contributed by atoms with Crippen molar-refractivity contribution < 1.29 is 9.76 Å². The molecule has 0 radical (unpaired) electrons. The second kappa shape index (κ2) is 3.63. The maximum Gasteiger partial charge on any atom is 0.271 e. The summed E-state index contributed by atoms with van der Waals surface area (Å²) < 4.78 is 0. The standard InChI is InChI=1S/C9H10N2O3/c12-11(13)8-3-1-2-7(6-8)10-14-9-4-5-9/h1-3,6,9-10H,4-5H2. The number of anilines is 1. The molecule has 0 aromatic heterocycles. The third kappa shape index (κ3) is 2.20. The molecule has 0 bridgehead atoms. The molecule has 5 nitrogen and oxygen atoms in total. The molecule has 0 saturated heterocycles. The number of nitrogens with zero attached hydrogens (tertiary/aromatic N) is 1. The normalized spacial score (nSPS) is 15.1. The van der Waals surface area contributed by atoms with Gasteiger partial charge < -0.3 is 0 Å². The van der Waals surface area contributed by atoms with Crippen molar-refractivity contribution >= 4 is 11.4 Å². The summed E-state index contributed by atoms with van der Waals surface area (Å²) in [6.45, 7) is 0. The Morgan fingerprint density at radius 1 is 1.50 bits per heavy atom. The SMILES string of the molecule is O=[N+]([O-])c1cccc(NOC2CC2)c1. The molecular weight excluding hydrogens is 184 g/mol. The number of benzene rings is 1. The Bertz CT molecular complexity index is 350. The van der Waals surface area contributed by atoms with Crippen LogP contribution in [0.3, 0.4) is 0 Å². The average Bonchev–Trinajstić information content (AvgIpc) is 2.99. The summed E-state index contributed by atoms with van der Waals surface area (Å²) >= 11 is 0. The fraction of sp³-hybridized carbons (Fsp3) is 0.333. The zero-order valence-electron chi connectivity index (χ0n) is 7.47. The van der Waals surface area contributed by atoms with Crippen molar-refractivity contribution in [3.05, 3.63) is 34.4 Å². The van der Waals surface area contributed by atoms with Gasteiger partial charge in [-0.15, -0.1) is 0 Å². The summed E-state index contributed by atoms with van der Waals surface area (Å²) in [7, 11) is 0. The van der Waals surface area contributed by atoms with Gasteiger partial charge in [-0.3, -0.25) is 20.4 Å². The summed E-state index contributed by atoms with van der Waals surface area (Å²) in [5.41, 5.74) is 3.38. The van der Waals surface area contributed by atoms with Gasteiger partial charge in [0.25, 0.3) is 5.69 Å². The number of hydrogen-bond donors (Lipinski definition) is 1. The van der Waals surface area contributed by atoms with E-state index in [-0.39, 0.29) is 11.8 Å². The van der Waals surface area contributed by atoms with E-state index in [9.17, 15) is 10.1 Å². The molecule has 0 amide bonds. The first-order valence-corrected chi connectivity index (χ1v) is 4.42. The third-order valence-electron chi connectivity index (χ3n) is 1.92. The molecule has 0 atom stereocenters. The van der Waals surface area contributed by atoms with Crippen LogP contribution in [0.5, 0.6) is 0 Å². The summed E-state index contributed by atoms with van der Waals surface area (Å²) in [6, 6.07) is 6.25. The Kier molecular flexibility index (Phi) is 2.32. The van der Waals surface area contributed by atoms with Crippen molar-refractivity contribution in [2.45, 2.75) is 18.9 Å². The number of rotatable bonds is 4. The topological polar surface area (TPSA) is 64.4 Å². The lowest BCUT2D eigenvalue weighted by Crippen LogP contribution is -2.02. The fourth-order valence-electron chi connectivity index (χ4n) is 1.02. The van der Waals surface area contributed by atoms with Crippen molar-refractivity contribution in [3.63, 3.8) is 0 Å². The van der Waals surface area contributed by atoms with Gasteiger partial charge in [-0.05, 0) is 18.9 Å². The van der Waals surface area contributed by atoms with E-state index in [1.807, 2.05) is 0 Å². The lowest BCUT2D eigenvalue weighted by Gasteiger charge is -2.04. The minimum absolute atomic E-state index is 0.0643. The maximum absolute atomic E-state index is 10.4. The Morgan fingerprint density at radius 3 is 2.93 bits per heavy atom. The molecule has 5 heteroatoms. The van der Waals surface area contributed by atoms with Crippen LogP contribution in [0, 0.1) is 10.1 Å². The number of nitro benzene ring substituents is 1. The molecule has 0 aliphatic heterocycles. The molecule has 0 heterocycles.